The summed E-state index contributed by atoms with van der Waals surface area (Å²) in [6, 6.07) is 14.4. The predicted octanol–water partition coefficient (Wildman–Crippen LogP) is 4.26. The zero-order valence-electron chi connectivity index (χ0n) is 12.9. The van der Waals surface area contributed by atoms with Crippen molar-refractivity contribution in [3.8, 4) is 22.3 Å². The number of nitrogens with zero attached hydrogens (tertiary/aromatic N) is 2. The van der Waals surface area contributed by atoms with Gasteiger partial charge in [-0.05, 0) is 48.2 Å². The van der Waals surface area contributed by atoms with Crippen molar-refractivity contribution in [1.82, 2.24) is 9.97 Å². The fraction of sp³-hybridized carbons (Fsp3) is 0.158. The van der Waals surface area contributed by atoms with Gasteiger partial charge in [0.15, 0.2) is 0 Å². The van der Waals surface area contributed by atoms with Crippen LogP contribution in [-0.4, -0.2) is 9.97 Å². The zero-order chi connectivity index (χ0) is 15.5. The summed E-state index contributed by atoms with van der Waals surface area (Å²) >= 11 is 0. The lowest BCUT2D eigenvalue weighted by Gasteiger charge is -2.13. The van der Waals surface area contributed by atoms with Crippen LogP contribution < -0.4 is 5.73 Å². The molecule has 0 aliphatic heterocycles. The summed E-state index contributed by atoms with van der Waals surface area (Å²) in [6.45, 7) is 4.16. The van der Waals surface area contributed by atoms with Crippen LogP contribution in [0, 0.1) is 6.92 Å². The highest BCUT2D eigenvalue weighted by molar-refractivity contribution is 5.84. The molecule has 0 bridgehead atoms. The summed E-state index contributed by atoms with van der Waals surface area (Å²) in [5.41, 5.74) is 12.6. The number of aromatic nitrogens is 2. The second-order valence-electron chi connectivity index (χ2n) is 5.38. The van der Waals surface area contributed by atoms with E-state index in [1.54, 1.807) is 0 Å². The Morgan fingerprint density at radius 1 is 0.955 bits per heavy atom. The van der Waals surface area contributed by atoms with Crippen molar-refractivity contribution in [3.63, 3.8) is 0 Å². The van der Waals surface area contributed by atoms with E-state index >= 15 is 0 Å². The highest BCUT2D eigenvalue weighted by atomic mass is 14.8. The summed E-state index contributed by atoms with van der Waals surface area (Å²) in [5, 5.41) is 0. The molecule has 0 atom stereocenters. The average molecular weight is 289 g/mol. The second-order valence-corrected chi connectivity index (χ2v) is 5.38. The summed E-state index contributed by atoms with van der Waals surface area (Å²) in [7, 11) is 0. The average Bonchev–Trinajstić information content (AvgIpc) is 2.55. The van der Waals surface area contributed by atoms with E-state index in [0.717, 1.165) is 28.8 Å². The molecule has 2 aromatic heterocycles. The number of hydrogen-bond donors (Lipinski definition) is 1. The first-order chi connectivity index (χ1) is 10.7. The van der Waals surface area contributed by atoms with Gasteiger partial charge >= 0.3 is 0 Å². The van der Waals surface area contributed by atoms with E-state index in [1.807, 2.05) is 18.5 Å². The van der Waals surface area contributed by atoms with Crippen LogP contribution in [0.2, 0.25) is 0 Å². The third kappa shape index (κ3) is 2.70. The van der Waals surface area contributed by atoms with E-state index in [-0.39, 0.29) is 0 Å². The van der Waals surface area contributed by atoms with Gasteiger partial charge in [0.2, 0.25) is 0 Å². The van der Waals surface area contributed by atoms with Crippen LogP contribution in [0.5, 0.6) is 0 Å². The van der Waals surface area contributed by atoms with Gasteiger partial charge in [0.25, 0.3) is 0 Å². The first-order valence-electron chi connectivity index (χ1n) is 7.46. The molecule has 0 saturated heterocycles. The van der Waals surface area contributed by atoms with Gasteiger partial charge in [-0.1, -0.05) is 31.2 Å². The van der Waals surface area contributed by atoms with Crippen LogP contribution in [-0.2, 0) is 6.42 Å². The maximum absolute atomic E-state index is 5.83. The standard InChI is InChI=1S/C19H19N3/c1-3-18-17(8-9-19(20)22-18)16-7-5-4-6-15(16)14-10-13(2)11-21-12-14/h4-12H,3H2,1-2H3,(H2,20,22). The van der Waals surface area contributed by atoms with Gasteiger partial charge in [0.05, 0.1) is 5.69 Å². The smallest absolute Gasteiger partial charge is 0.123 e. The largest absolute Gasteiger partial charge is 0.384 e. The molecular weight excluding hydrogens is 270 g/mol. The number of benzene rings is 1. The van der Waals surface area contributed by atoms with Gasteiger partial charge in [0, 0.05) is 23.5 Å². The number of nitrogens with two attached hydrogens (primary N) is 1. The molecule has 0 fully saturated rings. The van der Waals surface area contributed by atoms with Crippen molar-refractivity contribution < 1.29 is 0 Å². The van der Waals surface area contributed by atoms with Gasteiger partial charge in [-0.2, -0.15) is 0 Å². The summed E-state index contributed by atoms with van der Waals surface area (Å²) in [5.74, 6) is 0.565. The molecule has 0 aliphatic carbocycles. The Kier molecular flexibility index (Phi) is 3.88. The molecule has 3 heteroatoms. The van der Waals surface area contributed by atoms with E-state index in [9.17, 15) is 0 Å². The molecule has 22 heavy (non-hydrogen) atoms. The van der Waals surface area contributed by atoms with Gasteiger partial charge in [-0.15, -0.1) is 0 Å². The van der Waals surface area contributed by atoms with Crippen LogP contribution in [0.25, 0.3) is 22.3 Å². The Morgan fingerprint density at radius 2 is 1.73 bits per heavy atom. The normalized spacial score (nSPS) is 10.6. The van der Waals surface area contributed by atoms with Gasteiger partial charge in [0.1, 0.15) is 5.82 Å². The Morgan fingerprint density at radius 3 is 2.45 bits per heavy atom. The monoisotopic (exact) mass is 289 g/mol. The first-order valence-corrected chi connectivity index (χ1v) is 7.46. The third-order valence-corrected chi connectivity index (χ3v) is 3.73. The van der Waals surface area contributed by atoms with Crippen molar-refractivity contribution in [2.45, 2.75) is 20.3 Å². The molecule has 3 aromatic rings. The summed E-state index contributed by atoms with van der Waals surface area (Å²) in [4.78, 5) is 8.80. The Labute approximate surface area is 130 Å². The van der Waals surface area contributed by atoms with Crippen molar-refractivity contribution in [3.05, 3.63) is 66.1 Å². The zero-order valence-corrected chi connectivity index (χ0v) is 12.9. The lowest BCUT2D eigenvalue weighted by Crippen LogP contribution is -1.98. The predicted molar refractivity (Wildman–Crippen MR) is 91.4 cm³/mol. The molecule has 2 heterocycles. The third-order valence-electron chi connectivity index (χ3n) is 3.73. The minimum Gasteiger partial charge on any atom is -0.384 e. The van der Waals surface area contributed by atoms with Crippen LogP contribution in [0.4, 0.5) is 5.82 Å². The molecule has 0 unspecified atom stereocenters. The molecule has 2 N–H and O–H groups in total. The van der Waals surface area contributed by atoms with Gasteiger partial charge in [-0.3, -0.25) is 4.98 Å². The maximum Gasteiger partial charge on any atom is 0.123 e. The van der Waals surface area contributed by atoms with E-state index < -0.39 is 0 Å². The number of hydrogen-bond acceptors (Lipinski definition) is 3. The summed E-state index contributed by atoms with van der Waals surface area (Å²) < 4.78 is 0. The molecule has 3 rings (SSSR count). The topological polar surface area (TPSA) is 51.8 Å². The number of rotatable bonds is 3. The SMILES string of the molecule is CCc1nc(N)ccc1-c1ccccc1-c1cncc(C)c1. The molecule has 0 aliphatic rings. The van der Waals surface area contributed by atoms with Gasteiger partial charge < -0.3 is 5.73 Å². The van der Waals surface area contributed by atoms with Crippen molar-refractivity contribution in [1.29, 1.82) is 0 Å². The molecule has 1 aromatic carbocycles. The molecule has 0 spiro atoms. The lowest BCUT2D eigenvalue weighted by molar-refractivity contribution is 1.04. The fourth-order valence-electron chi connectivity index (χ4n) is 2.70. The van der Waals surface area contributed by atoms with Crippen LogP contribution >= 0.6 is 0 Å². The molecule has 110 valence electrons. The van der Waals surface area contributed by atoms with E-state index in [1.165, 1.54) is 11.1 Å². The van der Waals surface area contributed by atoms with Crippen molar-refractivity contribution in [2.24, 2.45) is 0 Å². The van der Waals surface area contributed by atoms with Crippen LogP contribution in [0.15, 0.2) is 54.9 Å². The van der Waals surface area contributed by atoms with Gasteiger partial charge in [-0.25, -0.2) is 4.98 Å². The van der Waals surface area contributed by atoms with Crippen LogP contribution in [0.3, 0.4) is 0 Å². The summed E-state index contributed by atoms with van der Waals surface area (Å²) in [6.07, 6.45) is 4.62. The number of aryl methyl sites for hydroxylation is 2. The van der Waals surface area contributed by atoms with E-state index in [2.05, 4.69) is 60.2 Å². The number of nitrogen functional groups attached to an aromatic ring is 1. The molecule has 3 nitrogen and oxygen atoms in total. The lowest BCUT2D eigenvalue weighted by atomic mass is 9.93. The number of pyridine rings is 2. The minimum absolute atomic E-state index is 0.565. The second kappa shape index (κ2) is 5.98. The van der Waals surface area contributed by atoms with Crippen LogP contribution in [0.1, 0.15) is 18.2 Å². The Balaban J connectivity index is 2.21. The quantitative estimate of drug-likeness (QED) is 0.783. The maximum atomic E-state index is 5.83. The Hall–Kier alpha value is -2.68. The molecule has 0 amide bonds. The molecular formula is C19H19N3. The number of anilines is 1. The Bertz CT molecular complexity index is 809. The minimum atomic E-state index is 0.565. The fourth-order valence-corrected chi connectivity index (χ4v) is 2.70. The highest BCUT2D eigenvalue weighted by Gasteiger charge is 2.11. The van der Waals surface area contributed by atoms with Crippen molar-refractivity contribution in [2.75, 3.05) is 5.73 Å². The molecule has 0 radical (unpaired) electrons. The van der Waals surface area contributed by atoms with E-state index in [0.29, 0.717) is 5.82 Å². The molecule has 0 saturated carbocycles. The van der Waals surface area contributed by atoms with Crippen molar-refractivity contribution >= 4 is 5.82 Å². The van der Waals surface area contributed by atoms with E-state index in [4.69, 9.17) is 5.73 Å². The highest BCUT2D eigenvalue weighted by Crippen LogP contribution is 2.33. The first kappa shape index (κ1) is 14.3.